The minimum absolute atomic E-state index is 0.0977. The van der Waals surface area contributed by atoms with Gasteiger partial charge in [0, 0.05) is 6.92 Å². The van der Waals surface area contributed by atoms with Gasteiger partial charge >= 0.3 is 5.97 Å². The molecule has 3 nitrogen and oxygen atoms in total. The van der Waals surface area contributed by atoms with Crippen molar-refractivity contribution >= 4 is 5.97 Å². The number of esters is 1. The number of fused-ring (bicyclic) bond motifs is 5. The Hall–Kier alpha value is -0.570. The highest BCUT2D eigenvalue weighted by molar-refractivity contribution is 5.66. The van der Waals surface area contributed by atoms with Crippen LogP contribution in [0.25, 0.3) is 0 Å². The van der Waals surface area contributed by atoms with Gasteiger partial charge in [0.1, 0.15) is 6.10 Å². The number of carbonyl (C=O) groups excluding carboxylic acids is 1. The molecular weight excluding hydrogens is 336 g/mol. The smallest absolute Gasteiger partial charge is 0.302 e. The fraction of sp³-hybridized carbons (Fsp3) is 0.958. The quantitative estimate of drug-likeness (QED) is 0.661. The first-order valence-electron chi connectivity index (χ1n) is 11.6. The van der Waals surface area contributed by atoms with Crippen LogP contribution in [0.15, 0.2) is 0 Å². The summed E-state index contributed by atoms with van der Waals surface area (Å²) in [4.78, 5) is 11.4. The van der Waals surface area contributed by atoms with Gasteiger partial charge < -0.3 is 9.84 Å². The van der Waals surface area contributed by atoms with E-state index in [2.05, 4.69) is 27.7 Å². The third kappa shape index (κ3) is 2.66. The Morgan fingerprint density at radius 1 is 1.07 bits per heavy atom. The van der Waals surface area contributed by atoms with E-state index in [0.717, 1.165) is 31.1 Å². The molecule has 4 aliphatic carbocycles. The average molecular weight is 377 g/mol. The molecule has 27 heavy (non-hydrogen) atoms. The lowest BCUT2D eigenvalue weighted by molar-refractivity contribution is -0.172. The van der Waals surface area contributed by atoms with Gasteiger partial charge in [0.15, 0.2) is 0 Å². The van der Waals surface area contributed by atoms with Gasteiger partial charge in [-0.25, -0.2) is 0 Å². The molecule has 0 heterocycles. The van der Waals surface area contributed by atoms with E-state index in [1.807, 2.05) is 0 Å². The molecule has 0 spiro atoms. The number of ether oxygens (including phenoxy) is 1. The first kappa shape index (κ1) is 19.7. The average Bonchev–Trinajstić information content (AvgIpc) is 2.82. The van der Waals surface area contributed by atoms with E-state index in [0.29, 0.717) is 23.2 Å². The molecule has 4 saturated carbocycles. The summed E-state index contributed by atoms with van der Waals surface area (Å²) in [5.74, 6) is 3.24. The molecule has 4 fully saturated rings. The summed E-state index contributed by atoms with van der Waals surface area (Å²) in [5.41, 5.74) is 0.0188. The second-order valence-electron chi connectivity index (χ2n) is 11.0. The largest absolute Gasteiger partial charge is 0.463 e. The molecule has 0 aromatic carbocycles. The van der Waals surface area contributed by atoms with Gasteiger partial charge in [-0.2, -0.15) is 0 Å². The van der Waals surface area contributed by atoms with Gasteiger partial charge in [-0.3, -0.25) is 4.79 Å². The van der Waals surface area contributed by atoms with Crippen molar-refractivity contribution < 1.29 is 14.6 Å². The van der Waals surface area contributed by atoms with Crippen LogP contribution in [-0.2, 0) is 9.53 Å². The maximum atomic E-state index is 11.6. The Balaban J connectivity index is 1.57. The Labute approximate surface area is 165 Å². The van der Waals surface area contributed by atoms with Crippen molar-refractivity contribution in [2.45, 2.75) is 104 Å². The zero-order valence-electron chi connectivity index (χ0n) is 18.1. The van der Waals surface area contributed by atoms with Crippen LogP contribution < -0.4 is 0 Å². The highest BCUT2D eigenvalue weighted by Crippen LogP contribution is 2.69. The first-order valence-corrected chi connectivity index (χ1v) is 11.6. The molecule has 0 aromatic rings. The van der Waals surface area contributed by atoms with Crippen LogP contribution in [0.2, 0.25) is 0 Å². The van der Waals surface area contributed by atoms with Crippen LogP contribution in [-0.4, -0.2) is 22.8 Å². The van der Waals surface area contributed by atoms with Crippen molar-refractivity contribution in [1.82, 2.24) is 0 Å². The summed E-state index contributed by atoms with van der Waals surface area (Å²) in [6, 6.07) is 0. The van der Waals surface area contributed by atoms with Crippen molar-refractivity contribution in [2.75, 3.05) is 0 Å². The molecule has 4 aliphatic rings. The van der Waals surface area contributed by atoms with Gasteiger partial charge in [-0.1, -0.05) is 27.7 Å². The van der Waals surface area contributed by atoms with Crippen LogP contribution in [0.3, 0.4) is 0 Å². The monoisotopic (exact) mass is 376 g/mol. The van der Waals surface area contributed by atoms with Gasteiger partial charge in [0.25, 0.3) is 0 Å². The molecule has 3 heteroatoms. The molecule has 154 valence electrons. The summed E-state index contributed by atoms with van der Waals surface area (Å²) >= 11 is 0. The molecule has 9 atom stereocenters. The second-order valence-corrected chi connectivity index (χ2v) is 11.0. The summed E-state index contributed by atoms with van der Waals surface area (Å²) in [6.07, 6.45) is 10.6. The fourth-order valence-electron chi connectivity index (χ4n) is 8.74. The minimum Gasteiger partial charge on any atom is -0.463 e. The Kier molecular flexibility index (Phi) is 4.73. The van der Waals surface area contributed by atoms with E-state index in [4.69, 9.17) is 4.74 Å². The van der Waals surface area contributed by atoms with Gasteiger partial charge in [-0.15, -0.1) is 0 Å². The molecule has 0 amide bonds. The summed E-state index contributed by atoms with van der Waals surface area (Å²) in [7, 11) is 0. The Morgan fingerprint density at radius 3 is 2.48 bits per heavy atom. The van der Waals surface area contributed by atoms with Crippen LogP contribution in [0, 0.1) is 40.4 Å². The minimum atomic E-state index is -0.479. The van der Waals surface area contributed by atoms with Crippen molar-refractivity contribution in [2.24, 2.45) is 40.4 Å². The van der Waals surface area contributed by atoms with E-state index < -0.39 is 5.60 Å². The SMILES string of the molecule is CC[C@@]1(O)[C@H](C)C[C@H]2[C@@H]3CCC4C[C@@H](OC(C)=O)CC[C@]4(C)[C@H]3CC[C@@]21C. The van der Waals surface area contributed by atoms with Crippen LogP contribution >= 0.6 is 0 Å². The lowest BCUT2D eigenvalue weighted by Crippen LogP contribution is -2.57. The topological polar surface area (TPSA) is 46.5 Å². The Bertz CT molecular complexity index is 602. The summed E-state index contributed by atoms with van der Waals surface area (Å²) in [5, 5.41) is 11.6. The number of rotatable bonds is 2. The lowest BCUT2D eigenvalue weighted by atomic mass is 9.44. The van der Waals surface area contributed by atoms with Crippen LogP contribution in [0.4, 0.5) is 0 Å². The van der Waals surface area contributed by atoms with Gasteiger partial charge in [0.05, 0.1) is 5.60 Å². The highest BCUT2D eigenvalue weighted by atomic mass is 16.5. The number of carbonyl (C=O) groups is 1. The molecule has 0 aliphatic heterocycles. The first-order chi connectivity index (χ1) is 12.7. The third-order valence-corrected chi connectivity index (χ3v) is 10.3. The summed E-state index contributed by atoms with van der Waals surface area (Å²) in [6.45, 7) is 11.0. The molecule has 0 bridgehead atoms. The van der Waals surface area contributed by atoms with Gasteiger partial charge in [-0.05, 0) is 98.2 Å². The maximum Gasteiger partial charge on any atom is 0.302 e. The Morgan fingerprint density at radius 2 is 1.81 bits per heavy atom. The van der Waals surface area contributed by atoms with Crippen molar-refractivity contribution in [3.63, 3.8) is 0 Å². The van der Waals surface area contributed by atoms with Crippen LogP contribution in [0.1, 0.15) is 92.4 Å². The van der Waals surface area contributed by atoms with E-state index >= 15 is 0 Å². The van der Waals surface area contributed by atoms with Gasteiger partial charge in [0.2, 0.25) is 0 Å². The van der Waals surface area contributed by atoms with Crippen molar-refractivity contribution in [3.05, 3.63) is 0 Å². The zero-order valence-corrected chi connectivity index (χ0v) is 18.1. The highest BCUT2D eigenvalue weighted by Gasteiger charge is 2.66. The molecule has 0 aromatic heterocycles. The number of hydrogen-bond donors (Lipinski definition) is 1. The predicted molar refractivity (Wildman–Crippen MR) is 107 cm³/mol. The molecule has 1 N–H and O–H groups in total. The van der Waals surface area contributed by atoms with E-state index in [1.54, 1.807) is 6.92 Å². The van der Waals surface area contributed by atoms with E-state index in [1.165, 1.54) is 38.5 Å². The van der Waals surface area contributed by atoms with E-state index in [-0.39, 0.29) is 17.5 Å². The maximum absolute atomic E-state index is 11.6. The normalized spacial score (nSPS) is 54.6. The second kappa shape index (κ2) is 6.47. The lowest BCUT2D eigenvalue weighted by Gasteiger charge is -2.61. The molecule has 1 unspecified atom stereocenters. The van der Waals surface area contributed by atoms with E-state index in [9.17, 15) is 9.90 Å². The van der Waals surface area contributed by atoms with Crippen molar-refractivity contribution in [1.29, 1.82) is 0 Å². The molecule has 0 saturated heterocycles. The summed E-state index contributed by atoms with van der Waals surface area (Å²) < 4.78 is 5.59. The molecule has 0 radical (unpaired) electrons. The fourth-order valence-corrected chi connectivity index (χ4v) is 8.74. The number of hydrogen-bond acceptors (Lipinski definition) is 3. The third-order valence-electron chi connectivity index (χ3n) is 10.3. The predicted octanol–water partition coefficient (Wildman–Crippen LogP) is 5.35. The zero-order chi connectivity index (χ0) is 19.6. The molecule has 4 rings (SSSR count). The standard InChI is InChI=1S/C24H40O3/c1-6-24(26)15(2)13-21-19-8-7-17-14-18(27-16(3)25)9-11-22(17,4)20(19)10-12-23(21,24)5/h15,17-21,26H,6-14H2,1-5H3/t15-,17?,18+,19-,20+,21+,22+,23+,24-/m1/s1. The van der Waals surface area contributed by atoms with Crippen LogP contribution in [0.5, 0.6) is 0 Å². The number of aliphatic hydroxyl groups is 1. The molecular formula is C24H40O3. The van der Waals surface area contributed by atoms with Crippen molar-refractivity contribution in [3.8, 4) is 0 Å².